The van der Waals surface area contributed by atoms with Crippen molar-refractivity contribution in [3.8, 4) is 5.75 Å². The molecule has 0 aliphatic rings. The van der Waals surface area contributed by atoms with Gasteiger partial charge < -0.3 is 15.8 Å². The number of alkyl halides is 2. The second kappa shape index (κ2) is 6.21. The van der Waals surface area contributed by atoms with Gasteiger partial charge in [-0.05, 0) is 31.2 Å². The number of anilines is 2. The monoisotopic (exact) mass is 296 g/mol. The molecule has 1 aromatic heterocycles. The quantitative estimate of drug-likeness (QED) is 0.887. The summed E-state index contributed by atoms with van der Waals surface area (Å²) in [4.78, 5) is 12.0. The number of aromatic nitrogens is 2. The number of carbonyl (C=O) groups excluding carboxylic acids is 1. The molecule has 2 aromatic rings. The highest BCUT2D eigenvalue weighted by atomic mass is 19.3. The molecule has 1 heterocycles. The van der Waals surface area contributed by atoms with Crippen LogP contribution in [0.25, 0.3) is 0 Å². The standard InChI is InChI=1S/C13H14F2N4O2/c1-2-19-7-10(16)11(18-19)12(20)17-8-3-5-9(6-4-8)21-13(14)15/h3-7,13H,2,16H2,1H3,(H,17,20). The highest BCUT2D eigenvalue weighted by molar-refractivity contribution is 6.06. The van der Waals surface area contributed by atoms with Gasteiger partial charge in [0, 0.05) is 18.4 Å². The van der Waals surface area contributed by atoms with E-state index in [0.29, 0.717) is 12.2 Å². The highest BCUT2D eigenvalue weighted by Gasteiger charge is 2.14. The van der Waals surface area contributed by atoms with Crippen molar-refractivity contribution in [2.24, 2.45) is 0 Å². The minimum absolute atomic E-state index is 0.0118. The number of amides is 1. The van der Waals surface area contributed by atoms with Crippen LogP contribution in [0.2, 0.25) is 0 Å². The Hall–Kier alpha value is -2.64. The zero-order valence-electron chi connectivity index (χ0n) is 11.2. The molecule has 1 aromatic carbocycles. The average Bonchev–Trinajstić information content (AvgIpc) is 2.82. The average molecular weight is 296 g/mol. The molecule has 0 fully saturated rings. The van der Waals surface area contributed by atoms with Gasteiger partial charge in [0.05, 0.1) is 5.69 Å². The number of nitrogens with two attached hydrogens (primary N) is 1. The maximum Gasteiger partial charge on any atom is 0.387 e. The Balaban J connectivity index is 2.06. The Morgan fingerprint density at radius 3 is 2.62 bits per heavy atom. The van der Waals surface area contributed by atoms with Crippen molar-refractivity contribution >= 4 is 17.3 Å². The first-order valence-corrected chi connectivity index (χ1v) is 6.18. The number of hydrogen-bond donors (Lipinski definition) is 2. The van der Waals surface area contributed by atoms with Gasteiger partial charge in [0.25, 0.3) is 5.91 Å². The lowest BCUT2D eigenvalue weighted by Crippen LogP contribution is -2.14. The van der Waals surface area contributed by atoms with E-state index >= 15 is 0 Å². The van der Waals surface area contributed by atoms with Gasteiger partial charge in [-0.25, -0.2) is 0 Å². The zero-order valence-corrected chi connectivity index (χ0v) is 11.2. The fraction of sp³-hybridized carbons (Fsp3) is 0.231. The molecule has 0 saturated heterocycles. The summed E-state index contributed by atoms with van der Waals surface area (Å²) in [6, 6.07) is 5.55. The number of hydrogen-bond acceptors (Lipinski definition) is 4. The zero-order chi connectivity index (χ0) is 15.4. The van der Waals surface area contributed by atoms with Crippen molar-refractivity contribution in [1.82, 2.24) is 9.78 Å². The normalized spacial score (nSPS) is 10.7. The van der Waals surface area contributed by atoms with Crippen LogP contribution in [0.1, 0.15) is 17.4 Å². The number of aryl methyl sites for hydroxylation is 1. The van der Waals surface area contributed by atoms with E-state index in [1.807, 2.05) is 6.92 Å². The van der Waals surface area contributed by atoms with E-state index < -0.39 is 12.5 Å². The van der Waals surface area contributed by atoms with E-state index in [4.69, 9.17) is 5.73 Å². The first kappa shape index (κ1) is 14.8. The molecule has 2 rings (SSSR count). The van der Waals surface area contributed by atoms with E-state index in [1.165, 1.54) is 24.3 Å². The van der Waals surface area contributed by atoms with Crippen LogP contribution >= 0.6 is 0 Å². The molecular weight excluding hydrogens is 282 g/mol. The van der Waals surface area contributed by atoms with Crippen molar-refractivity contribution in [2.45, 2.75) is 20.1 Å². The number of rotatable bonds is 5. The largest absolute Gasteiger partial charge is 0.435 e. The van der Waals surface area contributed by atoms with Crippen LogP contribution in [0, 0.1) is 0 Å². The molecule has 21 heavy (non-hydrogen) atoms. The Bertz CT molecular complexity index is 626. The van der Waals surface area contributed by atoms with Crippen LogP contribution in [-0.2, 0) is 6.54 Å². The van der Waals surface area contributed by atoms with Crippen LogP contribution in [0.5, 0.6) is 5.75 Å². The molecule has 0 aliphatic carbocycles. The lowest BCUT2D eigenvalue weighted by molar-refractivity contribution is -0.0498. The number of benzene rings is 1. The van der Waals surface area contributed by atoms with E-state index in [-0.39, 0.29) is 17.1 Å². The summed E-state index contributed by atoms with van der Waals surface area (Å²) in [6.07, 6.45) is 1.56. The Morgan fingerprint density at radius 1 is 1.43 bits per heavy atom. The number of nitrogens with zero attached hydrogens (tertiary/aromatic N) is 2. The minimum Gasteiger partial charge on any atom is -0.435 e. The molecule has 0 saturated carbocycles. The summed E-state index contributed by atoms with van der Waals surface area (Å²) in [5.41, 5.74) is 6.51. The maximum absolute atomic E-state index is 12.0. The predicted octanol–water partition coefficient (Wildman–Crippen LogP) is 2.34. The summed E-state index contributed by atoms with van der Waals surface area (Å²) < 4.78 is 29.8. The smallest absolute Gasteiger partial charge is 0.387 e. The van der Waals surface area contributed by atoms with Crippen LogP contribution in [0.4, 0.5) is 20.2 Å². The van der Waals surface area contributed by atoms with Crippen LogP contribution in [-0.4, -0.2) is 22.3 Å². The first-order chi connectivity index (χ1) is 9.99. The van der Waals surface area contributed by atoms with Gasteiger partial charge in [0.1, 0.15) is 5.75 Å². The van der Waals surface area contributed by atoms with Gasteiger partial charge in [-0.15, -0.1) is 0 Å². The van der Waals surface area contributed by atoms with Gasteiger partial charge in [0.15, 0.2) is 5.69 Å². The highest BCUT2D eigenvalue weighted by Crippen LogP contribution is 2.19. The predicted molar refractivity (Wildman–Crippen MR) is 73.3 cm³/mol. The van der Waals surface area contributed by atoms with Crippen molar-refractivity contribution in [2.75, 3.05) is 11.1 Å². The number of halogens is 2. The topological polar surface area (TPSA) is 82.2 Å². The molecule has 8 heteroatoms. The number of ether oxygens (including phenoxy) is 1. The van der Waals surface area contributed by atoms with Crippen LogP contribution < -0.4 is 15.8 Å². The Kier molecular flexibility index (Phi) is 4.36. The third-order valence-electron chi connectivity index (χ3n) is 2.67. The molecular formula is C13H14F2N4O2. The number of nitrogens with one attached hydrogen (secondary N) is 1. The second-order valence-electron chi connectivity index (χ2n) is 4.15. The third kappa shape index (κ3) is 3.68. The molecule has 6 nitrogen and oxygen atoms in total. The van der Waals surface area contributed by atoms with Crippen molar-refractivity contribution in [1.29, 1.82) is 0 Å². The Labute approximate surface area is 119 Å². The molecule has 0 radical (unpaired) electrons. The van der Waals surface area contributed by atoms with Crippen molar-refractivity contribution in [3.63, 3.8) is 0 Å². The van der Waals surface area contributed by atoms with E-state index in [9.17, 15) is 13.6 Å². The van der Waals surface area contributed by atoms with E-state index in [2.05, 4.69) is 15.2 Å². The van der Waals surface area contributed by atoms with Gasteiger partial charge in [-0.3, -0.25) is 9.48 Å². The lowest BCUT2D eigenvalue weighted by atomic mass is 10.3. The molecule has 0 atom stereocenters. The van der Waals surface area contributed by atoms with Gasteiger partial charge in [0.2, 0.25) is 0 Å². The molecule has 0 aliphatic heterocycles. The molecule has 0 spiro atoms. The fourth-order valence-corrected chi connectivity index (χ4v) is 1.69. The van der Waals surface area contributed by atoms with Gasteiger partial charge in [-0.1, -0.05) is 0 Å². The van der Waals surface area contributed by atoms with Gasteiger partial charge >= 0.3 is 6.61 Å². The Morgan fingerprint density at radius 2 is 2.10 bits per heavy atom. The summed E-state index contributed by atoms with van der Waals surface area (Å²) in [5.74, 6) is -0.458. The number of carbonyl (C=O) groups is 1. The lowest BCUT2D eigenvalue weighted by Gasteiger charge is -2.06. The fourth-order valence-electron chi connectivity index (χ4n) is 1.69. The van der Waals surface area contributed by atoms with E-state index in [0.717, 1.165) is 0 Å². The minimum atomic E-state index is -2.89. The maximum atomic E-state index is 12.0. The molecule has 1 amide bonds. The third-order valence-corrected chi connectivity index (χ3v) is 2.67. The van der Waals surface area contributed by atoms with Crippen molar-refractivity contribution in [3.05, 3.63) is 36.2 Å². The van der Waals surface area contributed by atoms with Gasteiger partial charge in [-0.2, -0.15) is 13.9 Å². The van der Waals surface area contributed by atoms with E-state index in [1.54, 1.807) is 10.9 Å². The van der Waals surface area contributed by atoms with Crippen molar-refractivity contribution < 1.29 is 18.3 Å². The molecule has 112 valence electrons. The summed E-state index contributed by atoms with van der Waals surface area (Å²) >= 11 is 0. The molecule has 3 N–H and O–H groups in total. The first-order valence-electron chi connectivity index (χ1n) is 6.18. The molecule has 0 bridgehead atoms. The second-order valence-corrected chi connectivity index (χ2v) is 4.15. The summed E-state index contributed by atoms with van der Waals surface area (Å²) in [6.45, 7) is -0.421. The van der Waals surface area contributed by atoms with Crippen LogP contribution in [0.15, 0.2) is 30.5 Å². The number of nitrogen functional groups attached to an aromatic ring is 1. The molecule has 0 unspecified atom stereocenters. The SMILES string of the molecule is CCn1cc(N)c(C(=O)Nc2ccc(OC(F)F)cc2)n1. The van der Waals surface area contributed by atoms with Crippen LogP contribution in [0.3, 0.4) is 0 Å². The summed E-state index contributed by atoms with van der Waals surface area (Å²) in [5, 5.41) is 6.62. The summed E-state index contributed by atoms with van der Waals surface area (Å²) in [7, 11) is 0.